The zero-order valence-corrected chi connectivity index (χ0v) is 12.1. The third kappa shape index (κ3) is 4.44. The van der Waals surface area contributed by atoms with Gasteiger partial charge in [-0.25, -0.2) is 4.79 Å². The number of methoxy groups -OCH3 is 1. The summed E-state index contributed by atoms with van der Waals surface area (Å²) in [4.78, 5) is 12.1. The van der Waals surface area contributed by atoms with Crippen LogP contribution in [0.5, 0.6) is 0 Å². The SMILES string of the molecule is COC(=O)C(C)=CCSc1ccc(Br)cc1N. The minimum Gasteiger partial charge on any atom is -0.466 e. The summed E-state index contributed by atoms with van der Waals surface area (Å²) in [5.41, 5.74) is 7.20. The lowest BCUT2D eigenvalue weighted by molar-refractivity contribution is -0.136. The van der Waals surface area contributed by atoms with E-state index in [1.807, 2.05) is 24.3 Å². The van der Waals surface area contributed by atoms with Crippen LogP contribution in [0.25, 0.3) is 0 Å². The van der Waals surface area contributed by atoms with Gasteiger partial charge in [0.2, 0.25) is 0 Å². The Balaban J connectivity index is 2.59. The topological polar surface area (TPSA) is 52.3 Å². The third-order valence-electron chi connectivity index (χ3n) is 2.11. The number of ether oxygens (including phenoxy) is 1. The molecular formula is C12H14BrNO2S. The fourth-order valence-corrected chi connectivity index (χ4v) is 2.43. The van der Waals surface area contributed by atoms with Crippen molar-refractivity contribution in [2.24, 2.45) is 0 Å². The molecule has 0 aliphatic carbocycles. The van der Waals surface area contributed by atoms with E-state index in [0.717, 1.165) is 15.1 Å². The lowest BCUT2D eigenvalue weighted by Crippen LogP contribution is -2.01. The molecule has 0 saturated heterocycles. The summed E-state index contributed by atoms with van der Waals surface area (Å²) in [7, 11) is 1.37. The molecular weight excluding hydrogens is 302 g/mol. The monoisotopic (exact) mass is 315 g/mol. The Morgan fingerprint density at radius 3 is 2.88 bits per heavy atom. The van der Waals surface area contributed by atoms with E-state index >= 15 is 0 Å². The first kappa shape index (κ1) is 14.1. The molecule has 17 heavy (non-hydrogen) atoms. The summed E-state index contributed by atoms with van der Waals surface area (Å²) in [6.07, 6.45) is 1.83. The second-order valence-corrected chi connectivity index (χ2v) is 5.35. The third-order valence-corrected chi connectivity index (χ3v) is 3.62. The standard InChI is InChI=1S/C12H14BrNO2S/c1-8(12(15)16-2)5-6-17-11-4-3-9(13)7-10(11)14/h3-5,7H,6,14H2,1-2H3. The highest BCUT2D eigenvalue weighted by molar-refractivity contribution is 9.10. The van der Waals surface area contributed by atoms with Crippen LogP contribution in [0.2, 0.25) is 0 Å². The molecule has 0 radical (unpaired) electrons. The van der Waals surface area contributed by atoms with Crippen molar-refractivity contribution in [2.45, 2.75) is 11.8 Å². The van der Waals surface area contributed by atoms with Gasteiger partial charge < -0.3 is 10.5 Å². The second kappa shape index (κ2) is 6.71. The van der Waals surface area contributed by atoms with Crippen molar-refractivity contribution in [2.75, 3.05) is 18.6 Å². The van der Waals surface area contributed by atoms with E-state index in [-0.39, 0.29) is 5.97 Å². The number of esters is 1. The number of nitrogens with two attached hydrogens (primary N) is 1. The van der Waals surface area contributed by atoms with Crippen LogP contribution in [-0.2, 0) is 9.53 Å². The molecule has 0 atom stereocenters. The number of rotatable bonds is 4. The van der Waals surface area contributed by atoms with Gasteiger partial charge in [-0.15, -0.1) is 11.8 Å². The van der Waals surface area contributed by atoms with Gasteiger partial charge in [0, 0.05) is 26.4 Å². The van der Waals surface area contributed by atoms with Gasteiger partial charge in [0.1, 0.15) is 0 Å². The first-order chi connectivity index (χ1) is 8.04. The maximum absolute atomic E-state index is 11.1. The quantitative estimate of drug-likeness (QED) is 0.401. The summed E-state index contributed by atoms with van der Waals surface area (Å²) >= 11 is 4.94. The van der Waals surface area contributed by atoms with Crippen molar-refractivity contribution in [1.29, 1.82) is 0 Å². The number of carbonyl (C=O) groups excluding carboxylic acids is 1. The van der Waals surface area contributed by atoms with Crippen LogP contribution < -0.4 is 5.73 Å². The molecule has 0 saturated carbocycles. The zero-order chi connectivity index (χ0) is 12.8. The Morgan fingerprint density at radius 2 is 2.29 bits per heavy atom. The van der Waals surface area contributed by atoms with Gasteiger partial charge in [-0.1, -0.05) is 22.0 Å². The number of benzene rings is 1. The number of halogens is 1. The van der Waals surface area contributed by atoms with Crippen LogP contribution in [0.3, 0.4) is 0 Å². The maximum atomic E-state index is 11.1. The smallest absolute Gasteiger partial charge is 0.333 e. The maximum Gasteiger partial charge on any atom is 0.333 e. The Kier molecular flexibility index (Phi) is 5.58. The highest BCUT2D eigenvalue weighted by Crippen LogP contribution is 2.27. The van der Waals surface area contributed by atoms with E-state index in [0.29, 0.717) is 11.3 Å². The number of hydrogen-bond acceptors (Lipinski definition) is 4. The first-order valence-corrected chi connectivity index (χ1v) is 6.75. The lowest BCUT2D eigenvalue weighted by atomic mass is 10.3. The molecule has 0 aliphatic rings. The highest BCUT2D eigenvalue weighted by Gasteiger charge is 2.03. The first-order valence-electron chi connectivity index (χ1n) is 4.97. The largest absolute Gasteiger partial charge is 0.466 e. The van der Waals surface area contributed by atoms with Crippen molar-refractivity contribution in [1.82, 2.24) is 0 Å². The second-order valence-electron chi connectivity index (χ2n) is 3.37. The summed E-state index contributed by atoms with van der Waals surface area (Å²) in [5, 5.41) is 0. The van der Waals surface area contributed by atoms with Crippen molar-refractivity contribution in [3.8, 4) is 0 Å². The number of hydrogen-bond donors (Lipinski definition) is 1. The molecule has 5 heteroatoms. The van der Waals surface area contributed by atoms with Crippen LogP contribution >= 0.6 is 27.7 Å². The minimum absolute atomic E-state index is 0.297. The fraction of sp³-hybridized carbons (Fsp3) is 0.250. The molecule has 0 bridgehead atoms. The molecule has 0 aliphatic heterocycles. The van der Waals surface area contributed by atoms with Crippen LogP contribution in [0.1, 0.15) is 6.92 Å². The molecule has 0 amide bonds. The van der Waals surface area contributed by atoms with Crippen LogP contribution in [-0.4, -0.2) is 18.8 Å². The van der Waals surface area contributed by atoms with Crippen LogP contribution in [0, 0.1) is 0 Å². The van der Waals surface area contributed by atoms with Crippen molar-refractivity contribution in [3.63, 3.8) is 0 Å². The Bertz CT molecular complexity index is 446. The number of anilines is 1. The predicted molar refractivity (Wildman–Crippen MR) is 75.1 cm³/mol. The molecule has 92 valence electrons. The summed E-state index contributed by atoms with van der Waals surface area (Å²) in [6.45, 7) is 1.73. The number of carbonyl (C=O) groups is 1. The number of nitrogen functional groups attached to an aromatic ring is 1. The van der Waals surface area contributed by atoms with Crippen molar-refractivity contribution < 1.29 is 9.53 Å². The van der Waals surface area contributed by atoms with Crippen LogP contribution in [0.15, 0.2) is 39.2 Å². The molecule has 0 spiro atoms. The molecule has 1 aromatic carbocycles. The van der Waals surface area contributed by atoms with E-state index < -0.39 is 0 Å². The van der Waals surface area contributed by atoms with E-state index in [9.17, 15) is 4.79 Å². The fourth-order valence-electron chi connectivity index (χ4n) is 1.15. The van der Waals surface area contributed by atoms with Gasteiger partial charge in [-0.3, -0.25) is 0 Å². The molecule has 1 rings (SSSR count). The molecule has 1 aromatic rings. The van der Waals surface area contributed by atoms with Crippen molar-refractivity contribution in [3.05, 3.63) is 34.3 Å². The predicted octanol–water partition coefficient (Wildman–Crippen LogP) is 3.24. The average molecular weight is 316 g/mol. The molecule has 0 aromatic heterocycles. The van der Waals surface area contributed by atoms with E-state index in [4.69, 9.17) is 5.73 Å². The highest BCUT2D eigenvalue weighted by atomic mass is 79.9. The number of thioether (sulfide) groups is 1. The van der Waals surface area contributed by atoms with Gasteiger partial charge in [-0.2, -0.15) is 0 Å². The molecule has 2 N–H and O–H groups in total. The van der Waals surface area contributed by atoms with E-state index in [2.05, 4.69) is 20.7 Å². The van der Waals surface area contributed by atoms with Gasteiger partial charge >= 0.3 is 5.97 Å². The minimum atomic E-state index is -0.297. The molecule has 0 heterocycles. The Morgan fingerprint density at radius 1 is 1.59 bits per heavy atom. The Labute approximate surface area is 114 Å². The zero-order valence-electron chi connectivity index (χ0n) is 9.70. The van der Waals surface area contributed by atoms with E-state index in [1.54, 1.807) is 18.7 Å². The van der Waals surface area contributed by atoms with Gasteiger partial charge in [-0.05, 0) is 25.1 Å². The summed E-state index contributed by atoms with van der Waals surface area (Å²) in [5.74, 6) is 0.390. The van der Waals surface area contributed by atoms with Crippen molar-refractivity contribution >= 4 is 39.3 Å². The van der Waals surface area contributed by atoms with E-state index in [1.165, 1.54) is 7.11 Å². The lowest BCUT2D eigenvalue weighted by Gasteiger charge is -2.04. The average Bonchev–Trinajstić information content (AvgIpc) is 2.30. The summed E-state index contributed by atoms with van der Waals surface area (Å²) in [6, 6.07) is 5.75. The molecule has 3 nitrogen and oxygen atoms in total. The molecule has 0 fully saturated rings. The normalized spacial score (nSPS) is 11.4. The summed E-state index contributed by atoms with van der Waals surface area (Å²) < 4.78 is 5.57. The van der Waals surface area contributed by atoms with Gasteiger partial charge in [0.25, 0.3) is 0 Å². The molecule has 0 unspecified atom stereocenters. The van der Waals surface area contributed by atoms with Gasteiger partial charge in [0.15, 0.2) is 0 Å². The van der Waals surface area contributed by atoms with Gasteiger partial charge in [0.05, 0.1) is 7.11 Å². The Hall–Kier alpha value is -0.940. The van der Waals surface area contributed by atoms with Crippen LogP contribution in [0.4, 0.5) is 5.69 Å².